The Morgan fingerprint density at radius 3 is 2.79 bits per heavy atom. The van der Waals surface area contributed by atoms with Gasteiger partial charge in [0.2, 0.25) is 5.91 Å². The highest BCUT2D eigenvalue weighted by molar-refractivity contribution is 6.30. The van der Waals surface area contributed by atoms with E-state index in [0.717, 1.165) is 16.8 Å². The van der Waals surface area contributed by atoms with E-state index in [0.29, 0.717) is 5.02 Å². The van der Waals surface area contributed by atoms with Crippen LogP contribution in [0.15, 0.2) is 30.6 Å². The Hall–Kier alpha value is -1.81. The van der Waals surface area contributed by atoms with Crippen LogP contribution in [0.3, 0.4) is 0 Å². The molecule has 0 fully saturated rings. The Bertz CT molecular complexity index is 606. The fourth-order valence-electron chi connectivity index (χ4n) is 1.77. The van der Waals surface area contributed by atoms with Gasteiger partial charge in [-0.2, -0.15) is 5.10 Å². The van der Waals surface area contributed by atoms with E-state index in [2.05, 4.69) is 10.4 Å². The number of anilines is 1. The molecule has 0 bridgehead atoms. The first-order valence-electron chi connectivity index (χ1n) is 6.06. The molecule has 100 valence electrons. The van der Waals surface area contributed by atoms with E-state index >= 15 is 0 Å². The summed E-state index contributed by atoms with van der Waals surface area (Å²) < 4.78 is 1.54. The predicted molar refractivity (Wildman–Crippen MR) is 76.5 cm³/mol. The number of benzene rings is 1. The second-order valence-electron chi connectivity index (χ2n) is 4.55. The molecule has 1 aromatic carbocycles. The molecule has 0 aliphatic heterocycles. The number of aryl methyl sites for hydroxylation is 1. The fraction of sp³-hybridized carbons (Fsp3) is 0.286. The van der Waals surface area contributed by atoms with Gasteiger partial charge in [0.25, 0.3) is 0 Å². The van der Waals surface area contributed by atoms with E-state index in [1.807, 2.05) is 32.0 Å². The Labute approximate surface area is 117 Å². The summed E-state index contributed by atoms with van der Waals surface area (Å²) in [6.07, 6.45) is 3.15. The summed E-state index contributed by atoms with van der Waals surface area (Å²) in [5, 5.41) is 7.48. The molecule has 19 heavy (non-hydrogen) atoms. The normalized spacial score (nSPS) is 12.2. The lowest BCUT2D eigenvalue weighted by Gasteiger charge is -2.15. The van der Waals surface area contributed by atoms with E-state index in [-0.39, 0.29) is 5.91 Å². The highest BCUT2D eigenvalue weighted by Crippen LogP contribution is 2.20. The molecular weight excluding hydrogens is 262 g/mol. The van der Waals surface area contributed by atoms with Crippen molar-refractivity contribution in [2.45, 2.75) is 26.8 Å². The van der Waals surface area contributed by atoms with Gasteiger partial charge in [0, 0.05) is 11.9 Å². The number of aromatic nitrogens is 2. The molecule has 0 saturated heterocycles. The molecule has 1 amide bonds. The lowest BCUT2D eigenvalue weighted by atomic mass is 10.1. The minimum atomic E-state index is -0.410. The number of carbonyl (C=O) groups excluding carboxylic acids is 1. The summed E-state index contributed by atoms with van der Waals surface area (Å²) in [6.45, 7) is 5.78. The second-order valence-corrected chi connectivity index (χ2v) is 4.99. The van der Waals surface area contributed by atoms with Crippen LogP contribution in [0.5, 0.6) is 0 Å². The lowest BCUT2D eigenvalue weighted by molar-refractivity contribution is -0.119. The summed E-state index contributed by atoms with van der Waals surface area (Å²) in [6, 6.07) is 5.42. The van der Waals surface area contributed by atoms with Crippen LogP contribution in [0.2, 0.25) is 5.02 Å². The Morgan fingerprint density at radius 1 is 1.42 bits per heavy atom. The number of halogens is 1. The molecule has 2 aromatic rings. The molecule has 1 N–H and O–H groups in total. The Morgan fingerprint density at radius 2 is 2.16 bits per heavy atom. The van der Waals surface area contributed by atoms with Crippen molar-refractivity contribution in [3.8, 4) is 0 Å². The monoisotopic (exact) mass is 277 g/mol. The zero-order valence-electron chi connectivity index (χ0n) is 11.1. The van der Waals surface area contributed by atoms with Crippen LogP contribution in [-0.4, -0.2) is 15.7 Å². The summed E-state index contributed by atoms with van der Waals surface area (Å²) in [7, 11) is 0. The van der Waals surface area contributed by atoms with Gasteiger partial charge in [0.1, 0.15) is 6.04 Å². The van der Waals surface area contributed by atoms with Crippen LogP contribution < -0.4 is 5.32 Å². The third-order valence-electron chi connectivity index (χ3n) is 3.21. The van der Waals surface area contributed by atoms with Gasteiger partial charge < -0.3 is 5.32 Å². The predicted octanol–water partition coefficient (Wildman–Crippen LogP) is 3.35. The topological polar surface area (TPSA) is 46.9 Å². The number of carbonyl (C=O) groups is 1. The van der Waals surface area contributed by atoms with Gasteiger partial charge in [-0.1, -0.05) is 23.7 Å². The first kappa shape index (κ1) is 13.6. The minimum Gasteiger partial charge on any atom is -0.324 e. The standard InChI is InChI=1S/C14H16ClN3O/c1-9-5-4-6-13(10(9)2)17-14(19)11(3)18-8-12(15)7-16-18/h4-8,11H,1-3H3,(H,17,19). The molecular formula is C14H16ClN3O. The first-order chi connectivity index (χ1) is 8.99. The molecule has 5 heteroatoms. The number of nitrogens with one attached hydrogen (secondary N) is 1. The molecule has 0 spiro atoms. The molecule has 0 aliphatic carbocycles. The SMILES string of the molecule is Cc1cccc(NC(=O)C(C)n2cc(Cl)cn2)c1C. The van der Waals surface area contributed by atoms with Crippen LogP contribution in [-0.2, 0) is 4.79 Å². The van der Waals surface area contributed by atoms with Gasteiger partial charge in [-0.3, -0.25) is 9.48 Å². The second kappa shape index (κ2) is 5.45. The van der Waals surface area contributed by atoms with E-state index in [1.165, 1.54) is 6.20 Å². The van der Waals surface area contributed by atoms with Gasteiger partial charge in [-0.05, 0) is 38.0 Å². The van der Waals surface area contributed by atoms with E-state index in [9.17, 15) is 4.79 Å². The maximum Gasteiger partial charge on any atom is 0.248 e. The number of amides is 1. The summed E-state index contributed by atoms with van der Waals surface area (Å²) in [4.78, 5) is 12.2. The van der Waals surface area contributed by atoms with Gasteiger partial charge in [-0.25, -0.2) is 0 Å². The van der Waals surface area contributed by atoms with E-state index in [1.54, 1.807) is 17.8 Å². The Balaban J connectivity index is 2.15. The van der Waals surface area contributed by atoms with Crippen LogP contribution in [0.4, 0.5) is 5.69 Å². The highest BCUT2D eigenvalue weighted by atomic mass is 35.5. The van der Waals surface area contributed by atoms with Crippen molar-refractivity contribution in [1.82, 2.24) is 9.78 Å². The quantitative estimate of drug-likeness (QED) is 0.935. The summed E-state index contributed by atoms with van der Waals surface area (Å²) in [5.41, 5.74) is 3.05. The van der Waals surface area contributed by atoms with Gasteiger partial charge in [-0.15, -0.1) is 0 Å². The van der Waals surface area contributed by atoms with E-state index in [4.69, 9.17) is 11.6 Å². The number of nitrogens with zero attached hydrogens (tertiary/aromatic N) is 2. The molecule has 0 saturated carbocycles. The van der Waals surface area contributed by atoms with Gasteiger partial charge in [0.05, 0.1) is 11.2 Å². The van der Waals surface area contributed by atoms with Crippen molar-refractivity contribution in [3.05, 3.63) is 46.7 Å². The van der Waals surface area contributed by atoms with Crippen molar-refractivity contribution < 1.29 is 4.79 Å². The number of rotatable bonds is 3. The van der Waals surface area contributed by atoms with Crippen LogP contribution in [0.1, 0.15) is 24.1 Å². The molecule has 0 aliphatic rings. The van der Waals surface area contributed by atoms with E-state index < -0.39 is 6.04 Å². The summed E-state index contributed by atoms with van der Waals surface area (Å²) in [5.74, 6) is -0.117. The van der Waals surface area contributed by atoms with Crippen molar-refractivity contribution in [3.63, 3.8) is 0 Å². The lowest BCUT2D eigenvalue weighted by Crippen LogP contribution is -2.24. The number of hydrogen-bond donors (Lipinski definition) is 1. The third-order valence-corrected chi connectivity index (χ3v) is 3.40. The Kier molecular flexibility index (Phi) is 3.90. The van der Waals surface area contributed by atoms with Crippen LogP contribution in [0, 0.1) is 13.8 Å². The van der Waals surface area contributed by atoms with Gasteiger partial charge in [0.15, 0.2) is 0 Å². The minimum absolute atomic E-state index is 0.117. The molecule has 0 radical (unpaired) electrons. The van der Waals surface area contributed by atoms with Gasteiger partial charge >= 0.3 is 0 Å². The molecule has 2 rings (SSSR count). The third kappa shape index (κ3) is 2.96. The zero-order chi connectivity index (χ0) is 14.0. The fourth-order valence-corrected chi connectivity index (χ4v) is 1.91. The molecule has 1 aromatic heterocycles. The van der Waals surface area contributed by atoms with Crippen molar-refractivity contribution >= 4 is 23.2 Å². The number of hydrogen-bond acceptors (Lipinski definition) is 2. The molecule has 4 nitrogen and oxygen atoms in total. The largest absolute Gasteiger partial charge is 0.324 e. The molecule has 1 atom stereocenters. The average Bonchev–Trinajstić information content (AvgIpc) is 2.80. The smallest absolute Gasteiger partial charge is 0.248 e. The van der Waals surface area contributed by atoms with Crippen molar-refractivity contribution in [2.75, 3.05) is 5.32 Å². The first-order valence-corrected chi connectivity index (χ1v) is 6.43. The van der Waals surface area contributed by atoms with Crippen molar-refractivity contribution in [2.24, 2.45) is 0 Å². The maximum absolute atomic E-state index is 12.2. The molecule has 1 unspecified atom stereocenters. The molecule has 1 heterocycles. The van der Waals surface area contributed by atoms with Crippen LogP contribution >= 0.6 is 11.6 Å². The zero-order valence-corrected chi connectivity index (χ0v) is 11.9. The highest BCUT2D eigenvalue weighted by Gasteiger charge is 2.16. The summed E-state index contributed by atoms with van der Waals surface area (Å²) >= 11 is 5.80. The average molecular weight is 278 g/mol. The van der Waals surface area contributed by atoms with Crippen molar-refractivity contribution in [1.29, 1.82) is 0 Å². The van der Waals surface area contributed by atoms with Crippen LogP contribution in [0.25, 0.3) is 0 Å². The maximum atomic E-state index is 12.2.